The van der Waals surface area contributed by atoms with Crippen LogP contribution < -0.4 is 5.32 Å². The first-order valence-electron chi connectivity index (χ1n) is 4.58. The Morgan fingerprint density at radius 3 is 3.07 bits per heavy atom. The van der Waals surface area contributed by atoms with Crippen LogP contribution in [0.3, 0.4) is 0 Å². The molecule has 5 heteroatoms. The number of thioether (sulfide) groups is 2. The highest BCUT2D eigenvalue weighted by molar-refractivity contribution is 8.13. The van der Waals surface area contributed by atoms with Crippen LogP contribution >= 0.6 is 23.5 Å². The number of nitrogens with zero attached hydrogens (tertiary/aromatic N) is 2. The van der Waals surface area contributed by atoms with Crippen molar-refractivity contribution in [3.8, 4) is 6.19 Å². The summed E-state index contributed by atoms with van der Waals surface area (Å²) in [7, 11) is 0. The van der Waals surface area contributed by atoms with Crippen molar-refractivity contribution in [3.05, 3.63) is 0 Å². The lowest BCUT2D eigenvalue weighted by atomic mass is 10.1. The van der Waals surface area contributed by atoms with Gasteiger partial charge < -0.3 is 0 Å². The summed E-state index contributed by atoms with van der Waals surface area (Å²) in [6.07, 6.45) is 6.34. The highest BCUT2D eigenvalue weighted by Gasteiger charge is 2.29. The molecule has 14 heavy (non-hydrogen) atoms. The van der Waals surface area contributed by atoms with Gasteiger partial charge >= 0.3 is 0 Å². The van der Waals surface area contributed by atoms with E-state index in [1.165, 1.54) is 30.4 Å². The first-order chi connectivity index (χ1) is 6.70. The summed E-state index contributed by atoms with van der Waals surface area (Å²) in [5.41, 5.74) is 0. The van der Waals surface area contributed by atoms with E-state index in [4.69, 9.17) is 5.26 Å². The third-order valence-corrected chi connectivity index (χ3v) is 4.35. The lowest BCUT2D eigenvalue weighted by Gasteiger charge is -2.19. The van der Waals surface area contributed by atoms with Crippen molar-refractivity contribution < 1.29 is 0 Å². The van der Waals surface area contributed by atoms with Crippen molar-refractivity contribution >= 4 is 28.7 Å². The minimum Gasteiger partial charge on any atom is -0.272 e. The maximum Gasteiger partial charge on any atom is 0.183 e. The Hall–Kier alpha value is -0.340. The first kappa shape index (κ1) is 11.7. The van der Waals surface area contributed by atoms with Gasteiger partial charge in [-0.25, -0.2) is 0 Å². The summed E-state index contributed by atoms with van der Waals surface area (Å²) in [5, 5.41) is 11.8. The van der Waals surface area contributed by atoms with Gasteiger partial charge in [0, 0.05) is 4.75 Å². The Balaban J connectivity index is 2.47. The van der Waals surface area contributed by atoms with Crippen molar-refractivity contribution in [2.45, 2.75) is 24.5 Å². The van der Waals surface area contributed by atoms with Crippen LogP contribution in [0.1, 0.15) is 19.8 Å². The number of hydrogen-bond acceptors (Lipinski definition) is 4. The molecule has 0 amide bonds. The zero-order chi connectivity index (χ0) is 10.4. The van der Waals surface area contributed by atoms with Gasteiger partial charge in [0.25, 0.3) is 0 Å². The Labute approximate surface area is 93.7 Å². The summed E-state index contributed by atoms with van der Waals surface area (Å²) < 4.78 is 0.290. The van der Waals surface area contributed by atoms with Crippen molar-refractivity contribution in [2.75, 3.05) is 18.6 Å². The number of nitriles is 1. The van der Waals surface area contributed by atoms with Crippen LogP contribution in [-0.2, 0) is 0 Å². The average Bonchev–Trinajstić information content (AvgIpc) is 2.60. The Morgan fingerprint density at radius 1 is 1.79 bits per heavy atom. The molecule has 1 heterocycles. The van der Waals surface area contributed by atoms with E-state index in [-0.39, 0.29) is 4.75 Å². The van der Waals surface area contributed by atoms with Crippen molar-refractivity contribution in [1.82, 2.24) is 5.32 Å². The first-order valence-corrected chi connectivity index (χ1v) is 6.79. The molecular weight excluding hydrogens is 214 g/mol. The Morgan fingerprint density at radius 2 is 2.57 bits per heavy atom. The standard InChI is InChI=1S/C9H15N3S2/c1-9(4-3-5-14-9)6-11-8(13-2)12-7-10/h3-6H2,1-2H3,(H,11,12). The van der Waals surface area contributed by atoms with E-state index in [9.17, 15) is 0 Å². The molecule has 0 aromatic heterocycles. The number of nitrogens with one attached hydrogen (secondary N) is 1. The summed E-state index contributed by atoms with van der Waals surface area (Å²) in [4.78, 5) is 4.41. The van der Waals surface area contributed by atoms with Gasteiger partial charge in [0.1, 0.15) is 0 Å². The van der Waals surface area contributed by atoms with Crippen LogP contribution in [0.5, 0.6) is 0 Å². The SMILES string of the molecule is CSC(=NCC1(C)CCCS1)NC#N. The highest BCUT2D eigenvalue weighted by Crippen LogP contribution is 2.37. The molecule has 1 saturated heterocycles. The van der Waals surface area contributed by atoms with Crippen molar-refractivity contribution in [2.24, 2.45) is 4.99 Å². The van der Waals surface area contributed by atoms with E-state index in [2.05, 4.69) is 17.2 Å². The van der Waals surface area contributed by atoms with Gasteiger partial charge in [-0.1, -0.05) is 11.8 Å². The molecule has 1 N–H and O–H groups in total. The predicted octanol–water partition coefficient (Wildman–Crippen LogP) is 2.06. The molecule has 1 rings (SSSR count). The summed E-state index contributed by atoms with van der Waals surface area (Å²) >= 11 is 3.47. The fourth-order valence-corrected chi connectivity index (χ4v) is 2.97. The third-order valence-electron chi connectivity index (χ3n) is 2.21. The normalized spacial score (nSPS) is 27.4. The molecule has 0 aliphatic carbocycles. The zero-order valence-corrected chi connectivity index (χ0v) is 10.2. The van der Waals surface area contributed by atoms with Gasteiger partial charge in [0.2, 0.25) is 0 Å². The van der Waals surface area contributed by atoms with E-state index in [1.807, 2.05) is 24.2 Å². The van der Waals surface area contributed by atoms with Crippen molar-refractivity contribution in [1.29, 1.82) is 5.26 Å². The van der Waals surface area contributed by atoms with E-state index in [1.54, 1.807) is 0 Å². The van der Waals surface area contributed by atoms with Gasteiger partial charge in [-0.15, -0.1) is 0 Å². The second-order valence-electron chi connectivity index (χ2n) is 3.46. The monoisotopic (exact) mass is 229 g/mol. The molecule has 1 aliphatic rings. The Bertz CT molecular complexity index is 251. The maximum absolute atomic E-state index is 8.46. The largest absolute Gasteiger partial charge is 0.272 e. The molecule has 1 atom stereocenters. The van der Waals surface area contributed by atoms with Gasteiger partial charge in [0.05, 0.1) is 6.54 Å². The van der Waals surface area contributed by atoms with Gasteiger partial charge in [-0.3, -0.25) is 10.3 Å². The molecule has 0 bridgehead atoms. The van der Waals surface area contributed by atoms with Crippen LogP contribution in [0.15, 0.2) is 4.99 Å². The fraction of sp³-hybridized carbons (Fsp3) is 0.778. The van der Waals surface area contributed by atoms with Crippen molar-refractivity contribution in [3.63, 3.8) is 0 Å². The van der Waals surface area contributed by atoms with Crippen LogP contribution in [0.2, 0.25) is 0 Å². The lowest BCUT2D eigenvalue weighted by molar-refractivity contribution is 0.619. The number of hydrogen-bond donors (Lipinski definition) is 1. The molecule has 0 aromatic rings. The second kappa shape index (κ2) is 5.52. The topological polar surface area (TPSA) is 48.2 Å². The summed E-state index contributed by atoms with van der Waals surface area (Å²) in [6.45, 7) is 3.06. The van der Waals surface area contributed by atoms with Gasteiger partial charge in [-0.2, -0.15) is 17.0 Å². The molecule has 0 radical (unpaired) electrons. The van der Waals surface area contributed by atoms with Gasteiger partial charge in [-0.05, 0) is 31.8 Å². The van der Waals surface area contributed by atoms with Gasteiger partial charge in [0.15, 0.2) is 11.4 Å². The Kier molecular flexibility index (Phi) is 4.63. The minimum atomic E-state index is 0.290. The number of aliphatic imine (C=N–C) groups is 1. The second-order valence-corrected chi connectivity index (χ2v) is 5.94. The van der Waals surface area contributed by atoms with Crippen LogP contribution in [0.4, 0.5) is 0 Å². The van der Waals surface area contributed by atoms with E-state index >= 15 is 0 Å². The molecule has 1 fully saturated rings. The lowest BCUT2D eigenvalue weighted by Crippen LogP contribution is -2.23. The minimum absolute atomic E-state index is 0.290. The van der Waals surface area contributed by atoms with Crippen LogP contribution in [-0.4, -0.2) is 28.5 Å². The van der Waals surface area contributed by atoms with E-state index in [0.29, 0.717) is 0 Å². The summed E-state index contributed by atoms with van der Waals surface area (Å²) in [6, 6.07) is 0. The quantitative estimate of drug-likeness (QED) is 0.341. The molecular formula is C9H15N3S2. The molecule has 0 spiro atoms. The van der Waals surface area contributed by atoms with Crippen LogP contribution in [0, 0.1) is 11.5 Å². The zero-order valence-electron chi connectivity index (χ0n) is 8.54. The smallest absolute Gasteiger partial charge is 0.183 e. The fourth-order valence-electron chi connectivity index (χ4n) is 1.40. The molecule has 78 valence electrons. The third kappa shape index (κ3) is 3.43. The summed E-state index contributed by atoms with van der Waals surface area (Å²) in [5.74, 6) is 1.24. The molecule has 1 aliphatic heterocycles. The molecule has 1 unspecified atom stereocenters. The van der Waals surface area contributed by atoms with E-state index in [0.717, 1.165) is 11.7 Å². The number of amidine groups is 1. The predicted molar refractivity (Wildman–Crippen MR) is 64.7 cm³/mol. The average molecular weight is 229 g/mol. The maximum atomic E-state index is 8.46. The molecule has 0 aromatic carbocycles. The highest BCUT2D eigenvalue weighted by atomic mass is 32.2. The molecule has 3 nitrogen and oxygen atoms in total. The molecule has 0 saturated carbocycles. The van der Waals surface area contributed by atoms with E-state index < -0.39 is 0 Å². The number of rotatable bonds is 2. The van der Waals surface area contributed by atoms with Crippen LogP contribution in [0.25, 0.3) is 0 Å².